The van der Waals surface area contributed by atoms with Gasteiger partial charge >= 0.3 is 8.25 Å². The minimum absolute atomic E-state index is 0.133. The van der Waals surface area contributed by atoms with Gasteiger partial charge in [-0.2, -0.15) is 0 Å². The van der Waals surface area contributed by atoms with Crippen LogP contribution in [0.3, 0.4) is 0 Å². The first-order chi connectivity index (χ1) is 3.27. The van der Waals surface area contributed by atoms with Crippen LogP contribution in [0.15, 0.2) is 0 Å². The highest BCUT2D eigenvalue weighted by Gasteiger charge is 1.88. The Hall–Kier alpha value is -0.0200. The molecule has 0 aromatic rings. The van der Waals surface area contributed by atoms with Crippen molar-refractivity contribution in [2.45, 2.75) is 0 Å². The van der Waals surface area contributed by atoms with Crippen molar-refractivity contribution < 1.29 is 18.7 Å². The van der Waals surface area contributed by atoms with E-state index in [4.69, 9.17) is 4.89 Å². The first-order valence-corrected chi connectivity index (χ1v) is 2.68. The maximum absolute atomic E-state index is 9.60. The Kier molecular flexibility index (Phi) is 4.14. The fraction of sp³-hybridized carbons (Fsp3) is 1.00. The monoisotopic (exact) mass is 125 g/mol. The van der Waals surface area contributed by atoms with E-state index in [0.717, 1.165) is 0 Å². The van der Waals surface area contributed by atoms with Crippen molar-refractivity contribution in [3.8, 4) is 0 Å². The smallest absolute Gasteiger partial charge is 0.358 e. The molecule has 1 atom stereocenters. The quantitative estimate of drug-likeness (QED) is 0.434. The average molecular weight is 125 g/mol. The van der Waals surface area contributed by atoms with E-state index in [2.05, 4.69) is 9.26 Å². The molecule has 0 fully saturated rings. The summed E-state index contributed by atoms with van der Waals surface area (Å²) >= 11 is 0. The third-order valence-corrected chi connectivity index (χ3v) is 0.607. The molecule has 0 saturated heterocycles. The van der Waals surface area contributed by atoms with Crippen LogP contribution in [0, 0.1) is 0 Å². The molecular formula is C2H6O4P. The zero-order chi connectivity index (χ0) is 5.70. The van der Waals surface area contributed by atoms with Gasteiger partial charge < -0.3 is 4.74 Å². The molecule has 0 saturated carbocycles. The van der Waals surface area contributed by atoms with Crippen molar-refractivity contribution in [1.29, 1.82) is 0 Å². The maximum Gasteiger partial charge on any atom is 0.368 e. The first-order valence-electron chi connectivity index (χ1n) is 1.55. The molecular weight excluding hydrogens is 119 g/mol. The van der Waals surface area contributed by atoms with Gasteiger partial charge in [0.1, 0.15) is 0 Å². The number of ether oxygens (including phenoxy) is 1. The second-order valence-electron chi connectivity index (χ2n) is 0.773. The fourth-order valence-electron chi connectivity index (χ4n) is 0.0978. The van der Waals surface area contributed by atoms with Crippen molar-refractivity contribution in [2.24, 2.45) is 0 Å². The van der Waals surface area contributed by atoms with E-state index in [1.54, 1.807) is 0 Å². The van der Waals surface area contributed by atoms with Gasteiger partial charge in [-0.15, -0.1) is 0 Å². The van der Waals surface area contributed by atoms with Gasteiger partial charge in [-0.3, -0.25) is 9.42 Å². The van der Waals surface area contributed by atoms with E-state index in [0.29, 0.717) is 0 Å². The van der Waals surface area contributed by atoms with E-state index >= 15 is 0 Å². The molecule has 0 bridgehead atoms. The molecule has 7 heavy (non-hydrogen) atoms. The van der Waals surface area contributed by atoms with Gasteiger partial charge in [0.15, 0.2) is 6.79 Å². The predicted octanol–water partition coefficient (Wildman–Crippen LogP) is 0.257. The van der Waals surface area contributed by atoms with Gasteiger partial charge in [0, 0.05) is 7.11 Å². The maximum atomic E-state index is 9.60. The van der Waals surface area contributed by atoms with Crippen molar-refractivity contribution >= 4 is 8.25 Å². The molecule has 0 aliphatic heterocycles. The minimum atomic E-state index is -2.48. The molecule has 43 valence electrons. The molecule has 5 heteroatoms. The zero-order valence-electron chi connectivity index (χ0n) is 3.83. The molecule has 1 N–H and O–H groups in total. The van der Waals surface area contributed by atoms with Crippen molar-refractivity contribution in [3.05, 3.63) is 0 Å². The zero-order valence-corrected chi connectivity index (χ0v) is 4.72. The topological polar surface area (TPSA) is 55.8 Å². The first kappa shape index (κ1) is 6.98. The highest BCUT2D eigenvalue weighted by atomic mass is 31.1. The third kappa shape index (κ3) is 5.98. The standard InChI is InChI=1S/C2H6O4P/c1-5-2-6-7(3)4/h2H2,1H3,(H,3,4). The SMILES string of the molecule is COCO[P](=O)O. The Morgan fingerprint density at radius 1 is 1.86 bits per heavy atom. The van der Waals surface area contributed by atoms with Crippen LogP contribution in [0.4, 0.5) is 0 Å². The molecule has 0 spiro atoms. The summed E-state index contributed by atoms with van der Waals surface area (Å²) in [5.41, 5.74) is 0. The summed E-state index contributed by atoms with van der Waals surface area (Å²) in [6.07, 6.45) is 0. The number of hydrogen-bond acceptors (Lipinski definition) is 3. The molecule has 0 rings (SSSR count). The van der Waals surface area contributed by atoms with E-state index in [-0.39, 0.29) is 6.79 Å². The Balaban J connectivity index is 2.82. The van der Waals surface area contributed by atoms with Gasteiger partial charge in [-0.1, -0.05) is 0 Å². The third-order valence-electron chi connectivity index (χ3n) is 0.281. The van der Waals surface area contributed by atoms with Crippen molar-refractivity contribution in [1.82, 2.24) is 0 Å². The second kappa shape index (κ2) is 4.15. The average Bonchev–Trinajstić information content (AvgIpc) is 1.61. The summed E-state index contributed by atoms with van der Waals surface area (Å²) in [7, 11) is -1.11. The Labute approximate surface area is 42.0 Å². The molecule has 0 aliphatic carbocycles. The predicted molar refractivity (Wildman–Crippen MR) is 22.8 cm³/mol. The molecule has 0 aliphatic rings. The van der Waals surface area contributed by atoms with Crippen LogP contribution < -0.4 is 0 Å². The number of hydrogen-bond donors (Lipinski definition) is 1. The van der Waals surface area contributed by atoms with Crippen LogP contribution in [0.1, 0.15) is 0 Å². The largest absolute Gasteiger partial charge is 0.368 e. The van der Waals surface area contributed by atoms with E-state index in [1.165, 1.54) is 7.11 Å². The summed E-state index contributed by atoms with van der Waals surface area (Å²) in [4.78, 5) is 7.89. The van der Waals surface area contributed by atoms with E-state index in [9.17, 15) is 4.57 Å². The second-order valence-corrected chi connectivity index (χ2v) is 1.51. The van der Waals surface area contributed by atoms with Crippen LogP contribution in [-0.2, 0) is 13.8 Å². The van der Waals surface area contributed by atoms with Gasteiger partial charge in [0.05, 0.1) is 0 Å². The number of rotatable bonds is 3. The molecule has 0 aromatic heterocycles. The molecule has 0 heterocycles. The lowest BCUT2D eigenvalue weighted by Crippen LogP contribution is -1.86. The van der Waals surface area contributed by atoms with E-state index < -0.39 is 8.25 Å². The van der Waals surface area contributed by atoms with Crippen molar-refractivity contribution in [3.63, 3.8) is 0 Å². The summed E-state index contributed by atoms with van der Waals surface area (Å²) in [5.74, 6) is 0. The summed E-state index contributed by atoms with van der Waals surface area (Å²) in [5, 5.41) is 0. The van der Waals surface area contributed by atoms with Gasteiger partial charge in [0.2, 0.25) is 0 Å². The Bertz CT molecular complexity index is 62.7. The van der Waals surface area contributed by atoms with Gasteiger partial charge in [-0.25, -0.2) is 4.57 Å². The summed E-state index contributed by atoms with van der Waals surface area (Å²) in [6, 6.07) is 0. The fourth-order valence-corrected chi connectivity index (χ4v) is 0.293. The molecule has 0 aromatic carbocycles. The van der Waals surface area contributed by atoms with Crippen LogP contribution >= 0.6 is 8.25 Å². The highest BCUT2D eigenvalue weighted by Crippen LogP contribution is 2.12. The van der Waals surface area contributed by atoms with Gasteiger partial charge in [0.25, 0.3) is 0 Å². The van der Waals surface area contributed by atoms with Crippen LogP contribution in [0.25, 0.3) is 0 Å². The lowest BCUT2D eigenvalue weighted by molar-refractivity contribution is 0.0489. The summed E-state index contributed by atoms with van der Waals surface area (Å²) in [6.45, 7) is -0.133. The minimum Gasteiger partial charge on any atom is -0.358 e. The van der Waals surface area contributed by atoms with E-state index in [1.807, 2.05) is 0 Å². The highest BCUT2D eigenvalue weighted by molar-refractivity contribution is 7.32. The molecule has 0 amide bonds. The normalized spacial score (nSPS) is 11.4. The Morgan fingerprint density at radius 2 is 2.43 bits per heavy atom. The lowest BCUT2D eigenvalue weighted by Gasteiger charge is -1.90. The lowest BCUT2D eigenvalue weighted by atomic mass is 11.4. The molecule has 1 radical (unpaired) electrons. The molecule has 1 unspecified atom stereocenters. The molecule has 4 nitrogen and oxygen atoms in total. The van der Waals surface area contributed by atoms with Crippen LogP contribution in [0.2, 0.25) is 0 Å². The number of methoxy groups -OCH3 is 1. The van der Waals surface area contributed by atoms with Crippen molar-refractivity contribution in [2.75, 3.05) is 13.9 Å². The van der Waals surface area contributed by atoms with Crippen LogP contribution in [-0.4, -0.2) is 18.8 Å². The summed E-state index contributed by atoms with van der Waals surface area (Å²) < 4.78 is 17.9. The van der Waals surface area contributed by atoms with Gasteiger partial charge in [-0.05, 0) is 0 Å². The van der Waals surface area contributed by atoms with Crippen LogP contribution in [0.5, 0.6) is 0 Å². The Morgan fingerprint density at radius 3 is 2.57 bits per heavy atom.